The van der Waals surface area contributed by atoms with Crippen molar-refractivity contribution >= 4 is 5.91 Å². The van der Waals surface area contributed by atoms with Gasteiger partial charge in [0.05, 0.1) is 6.04 Å². The minimum atomic E-state index is -0.383. The van der Waals surface area contributed by atoms with Crippen molar-refractivity contribution in [3.63, 3.8) is 0 Å². The molecule has 0 aliphatic heterocycles. The first-order chi connectivity index (χ1) is 7.65. The number of carbonyl (C=O) groups excluding carboxylic acids is 1. The molecule has 4 N–H and O–H groups in total. The van der Waals surface area contributed by atoms with E-state index in [1.54, 1.807) is 0 Å². The van der Waals surface area contributed by atoms with Crippen molar-refractivity contribution in [3.05, 3.63) is 0 Å². The third-order valence-corrected chi connectivity index (χ3v) is 2.89. The number of amides is 1. The molecule has 1 unspecified atom stereocenters. The molecule has 0 radical (unpaired) electrons. The van der Waals surface area contributed by atoms with Crippen LogP contribution in [0, 0.1) is 5.92 Å². The van der Waals surface area contributed by atoms with Crippen LogP contribution in [-0.4, -0.2) is 30.2 Å². The molecular weight excluding hydrogens is 204 g/mol. The molecule has 0 aliphatic rings. The van der Waals surface area contributed by atoms with Crippen molar-refractivity contribution in [2.45, 2.75) is 52.0 Å². The van der Waals surface area contributed by atoms with Crippen LogP contribution in [0.2, 0.25) is 0 Å². The molecule has 0 saturated heterocycles. The van der Waals surface area contributed by atoms with E-state index in [0.717, 1.165) is 32.1 Å². The smallest absolute Gasteiger partial charge is 0.236 e. The molecule has 2 atom stereocenters. The normalized spacial score (nSPS) is 14.5. The zero-order valence-corrected chi connectivity index (χ0v) is 10.5. The van der Waals surface area contributed by atoms with Crippen LogP contribution in [0.1, 0.15) is 46.0 Å². The second-order valence-electron chi connectivity index (χ2n) is 4.28. The van der Waals surface area contributed by atoms with Gasteiger partial charge >= 0.3 is 0 Å². The van der Waals surface area contributed by atoms with E-state index < -0.39 is 0 Å². The Bertz CT molecular complexity index is 186. The maximum absolute atomic E-state index is 11.6. The van der Waals surface area contributed by atoms with Crippen LogP contribution in [0.5, 0.6) is 0 Å². The average molecular weight is 230 g/mol. The van der Waals surface area contributed by atoms with E-state index in [1.165, 1.54) is 0 Å². The van der Waals surface area contributed by atoms with E-state index >= 15 is 0 Å². The summed E-state index contributed by atoms with van der Waals surface area (Å²) in [6.07, 6.45) is 4.50. The number of unbranched alkanes of at least 4 members (excludes halogenated alkanes) is 1. The van der Waals surface area contributed by atoms with Gasteiger partial charge in [-0.25, -0.2) is 0 Å². The van der Waals surface area contributed by atoms with Crippen LogP contribution in [-0.2, 0) is 4.79 Å². The molecule has 0 rings (SSSR count). The van der Waals surface area contributed by atoms with E-state index in [-0.39, 0.29) is 18.6 Å². The highest BCUT2D eigenvalue weighted by Crippen LogP contribution is 2.06. The quantitative estimate of drug-likeness (QED) is 0.554. The third kappa shape index (κ3) is 6.80. The summed E-state index contributed by atoms with van der Waals surface area (Å²) in [7, 11) is 0. The number of rotatable bonds is 9. The molecule has 0 spiro atoms. The lowest BCUT2D eigenvalue weighted by molar-refractivity contribution is -0.122. The van der Waals surface area contributed by atoms with Gasteiger partial charge in [-0.15, -0.1) is 0 Å². The minimum Gasteiger partial charge on any atom is -0.396 e. The summed E-state index contributed by atoms with van der Waals surface area (Å²) < 4.78 is 0. The maximum atomic E-state index is 11.6. The van der Waals surface area contributed by atoms with Crippen molar-refractivity contribution in [3.8, 4) is 0 Å². The van der Waals surface area contributed by atoms with Crippen LogP contribution < -0.4 is 11.1 Å². The summed E-state index contributed by atoms with van der Waals surface area (Å²) in [5.74, 6) is 0.289. The topological polar surface area (TPSA) is 75.4 Å². The molecule has 0 aliphatic carbocycles. The van der Waals surface area contributed by atoms with Crippen LogP contribution in [0.3, 0.4) is 0 Å². The van der Waals surface area contributed by atoms with Crippen LogP contribution >= 0.6 is 0 Å². The van der Waals surface area contributed by atoms with Gasteiger partial charge < -0.3 is 16.2 Å². The molecule has 4 heteroatoms. The lowest BCUT2D eigenvalue weighted by Crippen LogP contribution is -2.42. The van der Waals surface area contributed by atoms with E-state index in [4.69, 9.17) is 10.8 Å². The molecule has 1 amide bonds. The molecular formula is C12H26N2O2. The van der Waals surface area contributed by atoms with Crippen molar-refractivity contribution in [1.82, 2.24) is 5.32 Å². The zero-order chi connectivity index (χ0) is 12.4. The van der Waals surface area contributed by atoms with Crippen molar-refractivity contribution < 1.29 is 9.90 Å². The highest BCUT2D eigenvalue weighted by Gasteiger charge is 2.14. The second-order valence-corrected chi connectivity index (χ2v) is 4.28. The third-order valence-electron chi connectivity index (χ3n) is 2.89. The monoisotopic (exact) mass is 230 g/mol. The van der Waals surface area contributed by atoms with Gasteiger partial charge in [-0.1, -0.05) is 33.1 Å². The van der Waals surface area contributed by atoms with Gasteiger partial charge in [0.2, 0.25) is 5.91 Å². The number of aliphatic hydroxyl groups is 1. The van der Waals surface area contributed by atoms with Crippen LogP contribution in [0.15, 0.2) is 0 Å². The van der Waals surface area contributed by atoms with Gasteiger partial charge in [-0.2, -0.15) is 0 Å². The number of aliphatic hydroxyl groups excluding tert-OH is 1. The largest absolute Gasteiger partial charge is 0.396 e. The number of carbonyl (C=O) groups is 1. The molecule has 0 saturated carbocycles. The predicted octanol–water partition coefficient (Wildman–Crippen LogP) is 1.03. The molecule has 0 aromatic rings. The maximum Gasteiger partial charge on any atom is 0.236 e. The number of nitrogens with two attached hydrogens (primary N) is 1. The summed E-state index contributed by atoms with van der Waals surface area (Å²) in [5.41, 5.74) is 5.74. The Morgan fingerprint density at radius 2 is 2.06 bits per heavy atom. The zero-order valence-electron chi connectivity index (χ0n) is 10.5. The minimum absolute atomic E-state index is 0.0650. The lowest BCUT2D eigenvalue weighted by atomic mass is 10.0. The first kappa shape index (κ1) is 15.4. The Kier molecular flexibility index (Phi) is 9.24. The van der Waals surface area contributed by atoms with Crippen LogP contribution in [0.25, 0.3) is 0 Å². The molecule has 4 nitrogen and oxygen atoms in total. The highest BCUT2D eigenvalue weighted by molar-refractivity contribution is 5.81. The lowest BCUT2D eigenvalue weighted by Gasteiger charge is -2.16. The fourth-order valence-corrected chi connectivity index (χ4v) is 1.56. The summed E-state index contributed by atoms with van der Waals surface area (Å²) in [6, 6.07) is -0.383. The molecule has 0 bridgehead atoms. The van der Waals surface area contributed by atoms with Crippen molar-refractivity contribution in [1.29, 1.82) is 0 Å². The summed E-state index contributed by atoms with van der Waals surface area (Å²) in [4.78, 5) is 11.6. The SMILES string of the molecule is CCCC[C@H](N)C(=O)NCC(CC)CCO. The number of hydrogen-bond acceptors (Lipinski definition) is 3. The van der Waals surface area contributed by atoms with Gasteiger partial charge in [0, 0.05) is 13.2 Å². The number of hydrogen-bond donors (Lipinski definition) is 3. The molecule has 16 heavy (non-hydrogen) atoms. The van der Waals surface area contributed by atoms with Crippen LogP contribution in [0.4, 0.5) is 0 Å². The molecule has 0 fully saturated rings. The summed E-state index contributed by atoms with van der Waals surface area (Å²) >= 11 is 0. The van der Waals surface area contributed by atoms with E-state index in [9.17, 15) is 4.79 Å². The molecule has 96 valence electrons. The summed E-state index contributed by atoms with van der Waals surface area (Å²) in [5, 5.41) is 11.7. The van der Waals surface area contributed by atoms with E-state index in [2.05, 4.69) is 19.2 Å². The van der Waals surface area contributed by atoms with Crippen molar-refractivity contribution in [2.24, 2.45) is 11.7 Å². The Labute approximate surface area is 98.6 Å². The fraction of sp³-hybridized carbons (Fsp3) is 0.917. The van der Waals surface area contributed by atoms with E-state index in [1.807, 2.05) is 0 Å². The first-order valence-electron chi connectivity index (χ1n) is 6.29. The standard InChI is InChI=1S/C12H26N2O2/c1-3-5-6-11(13)12(16)14-9-10(4-2)7-8-15/h10-11,15H,3-9,13H2,1-2H3,(H,14,16)/t10?,11-/m0/s1. The highest BCUT2D eigenvalue weighted by atomic mass is 16.3. The average Bonchev–Trinajstić information content (AvgIpc) is 2.30. The van der Waals surface area contributed by atoms with Gasteiger partial charge in [-0.3, -0.25) is 4.79 Å². The Morgan fingerprint density at radius 1 is 1.38 bits per heavy atom. The Hall–Kier alpha value is -0.610. The fourth-order valence-electron chi connectivity index (χ4n) is 1.56. The van der Waals surface area contributed by atoms with Gasteiger partial charge in [0.25, 0.3) is 0 Å². The van der Waals surface area contributed by atoms with Gasteiger partial charge in [0.15, 0.2) is 0 Å². The van der Waals surface area contributed by atoms with Crippen molar-refractivity contribution in [2.75, 3.05) is 13.2 Å². The van der Waals surface area contributed by atoms with Gasteiger partial charge in [0.1, 0.15) is 0 Å². The second kappa shape index (κ2) is 9.60. The summed E-state index contributed by atoms with van der Waals surface area (Å²) in [6.45, 7) is 4.94. The molecule has 0 aromatic carbocycles. The molecule has 0 heterocycles. The van der Waals surface area contributed by atoms with Gasteiger partial charge in [-0.05, 0) is 18.8 Å². The van der Waals surface area contributed by atoms with E-state index in [0.29, 0.717) is 12.5 Å². The predicted molar refractivity (Wildman–Crippen MR) is 66.0 cm³/mol. The Morgan fingerprint density at radius 3 is 2.56 bits per heavy atom. The first-order valence-corrected chi connectivity index (χ1v) is 6.29. The Balaban J connectivity index is 3.76. The number of nitrogens with one attached hydrogen (secondary N) is 1. The molecule has 0 aromatic heterocycles.